The molecule has 9 nitrogen and oxygen atoms in total. The minimum atomic E-state index is -3.80. The lowest BCUT2D eigenvalue weighted by Gasteiger charge is -2.23. The normalized spacial score (nSPS) is 15.9. The third kappa shape index (κ3) is 3.64. The second-order valence-electron chi connectivity index (χ2n) is 6.69. The van der Waals surface area contributed by atoms with Crippen LogP contribution in [0.5, 0.6) is 0 Å². The first-order chi connectivity index (χ1) is 12.9. The highest BCUT2D eigenvalue weighted by molar-refractivity contribution is 7.89. The van der Waals surface area contributed by atoms with E-state index in [4.69, 9.17) is 5.14 Å². The van der Waals surface area contributed by atoms with Crippen LogP contribution in [0.4, 0.5) is 11.6 Å². The maximum atomic E-state index is 11.7. The number of primary sulfonamides is 1. The summed E-state index contributed by atoms with van der Waals surface area (Å²) in [7, 11) is -3.80. The number of anilines is 2. The Bertz CT molecular complexity index is 1090. The van der Waals surface area contributed by atoms with E-state index in [1.165, 1.54) is 6.07 Å². The zero-order valence-corrected chi connectivity index (χ0v) is 15.7. The van der Waals surface area contributed by atoms with E-state index in [2.05, 4.69) is 25.7 Å². The van der Waals surface area contributed by atoms with Gasteiger partial charge in [0.15, 0.2) is 5.65 Å². The minimum Gasteiger partial charge on any atom is -0.324 e. The van der Waals surface area contributed by atoms with E-state index < -0.39 is 10.0 Å². The molecule has 0 unspecified atom stereocenters. The topological polar surface area (TPSA) is 128 Å². The summed E-state index contributed by atoms with van der Waals surface area (Å²) in [6, 6.07) is 5.25. The van der Waals surface area contributed by atoms with Crippen LogP contribution in [0.15, 0.2) is 35.5 Å². The van der Waals surface area contributed by atoms with Crippen LogP contribution in [0.3, 0.4) is 0 Å². The van der Waals surface area contributed by atoms with Gasteiger partial charge in [0.1, 0.15) is 0 Å². The molecule has 0 spiro atoms. The highest BCUT2D eigenvalue weighted by Crippen LogP contribution is 2.25. The van der Waals surface area contributed by atoms with Crippen molar-refractivity contribution >= 4 is 32.7 Å². The highest BCUT2D eigenvalue weighted by atomic mass is 32.2. The molecular formula is C17H21N7O2S. The first-order valence-electron chi connectivity index (χ1n) is 8.73. The van der Waals surface area contributed by atoms with Gasteiger partial charge in [0.25, 0.3) is 0 Å². The van der Waals surface area contributed by atoms with Crippen LogP contribution in [0.2, 0.25) is 0 Å². The van der Waals surface area contributed by atoms with Crippen molar-refractivity contribution in [3.8, 4) is 0 Å². The van der Waals surface area contributed by atoms with Crippen molar-refractivity contribution in [1.82, 2.24) is 25.1 Å². The number of nitrogens with one attached hydrogen (secondary N) is 2. The average Bonchev–Trinajstić information content (AvgIpc) is 3.06. The van der Waals surface area contributed by atoms with Gasteiger partial charge in [-0.1, -0.05) is 6.07 Å². The lowest BCUT2D eigenvalue weighted by Crippen LogP contribution is -2.30. The quantitative estimate of drug-likeness (QED) is 0.618. The van der Waals surface area contributed by atoms with Crippen molar-refractivity contribution in [3.63, 3.8) is 0 Å². The molecule has 4 rings (SSSR count). The molecule has 2 aromatic heterocycles. The molecule has 0 saturated carbocycles. The molecule has 142 valence electrons. The van der Waals surface area contributed by atoms with Gasteiger partial charge in [-0.25, -0.2) is 23.2 Å². The van der Waals surface area contributed by atoms with E-state index in [9.17, 15) is 8.42 Å². The lowest BCUT2D eigenvalue weighted by atomic mass is 10.1. The Balaban J connectivity index is 1.67. The summed E-state index contributed by atoms with van der Waals surface area (Å²) < 4.78 is 25.4. The fourth-order valence-corrected chi connectivity index (χ4v) is 4.14. The number of nitrogens with zero attached hydrogens (tertiary/aromatic N) is 4. The number of aryl methyl sites for hydroxylation is 1. The number of nitrogens with two attached hydrogens (primary N) is 1. The Kier molecular flexibility index (Phi) is 4.54. The van der Waals surface area contributed by atoms with Gasteiger partial charge in [0, 0.05) is 11.9 Å². The molecule has 0 amide bonds. The van der Waals surface area contributed by atoms with Crippen molar-refractivity contribution in [1.29, 1.82) is 0 Å². The lowest BCUT2D eigenvalue weighted by molar-refractivity contribution is 0.350. The molecule has 1 aliphatic heterocycles. The fraction of sp³-hybridized carbons (Fsp3) is 0.353. The van der Waals surface area contributed by atoms with E-state index >= 15 is 0 Å². The van der Waals surface area contributed by atoms with Crippen molar-refractivity contribution in [3.05, 3.63) is 36.2 Å². The second-order valence-corrected chi connectivity index (χ2v) is 8.22. The molecule has 1 aromatic carbocycles. The van der Waals surface area contributed by atoms with Gasteiger partial charge < -0.3 is 10.6 Å². The Morgan fingerprint density at radius 2 is 2.04 bits per heavy atom. The maximum Gasteiger partial charge on any atom is 0.238 e. The highest BCUT2D eigenvalue weighted by Gasteiger charge is 2.19. The summed E-state index contributed by atoms with van der Waals surface area (Å²) in [5, 5.41) is 17.0. The first kappa shape index (κ1) is 17.8. The van der Waals surface area contributed by atoms with E-state index in [0.29, 0.717) is 23.2 Å². The van der Waals surface area contributed by atoms with Gasteiger partial charge >= 0.3 is 0 Å². The Hall–Kier alpha value is -2.56. The third-order valence-corrected chi connectivity index (χ3v) is 5.79. The zero-order valence-electron chi connectivity index (χ0n) is 14.9. The Morgan fingerprint density at radius 3 is 2.78 bits per heavy atom. The van der Waals surface area contributed by atoms with Crippen molar-refractivity contribution < 1.29 is 8.42 Å². The van der Waals surface area contributed by atoms with Crippen LogP contribution >= 0.6 is 0 Å². The SMILES string of the molecule is Cc1ccc(Nc2ncc3cnn(C4CCNCC4)c3n2)cc1S(N)(=O)=O. The number of rotatable bonds is 4. The molecule has 1 saturated heterocycles. The monoisotopic (exact) mass is 387 g/mol. The molecule has 27 heavy (non-hydrogen) atoms. The van der Waals surface area contributed by atoms with Crippen molar-refractivity contribution in [2.75, 3.05) is 18.4 Å². The predicted molar refractivity (Wildman–Crippen MR) is 102 cm³/mol. The van der Waals surface area contributed by atoms with Gasteiger partial charge in [-0.3, -0.25) is 0 Å². The molecule has 1 fully saturated rings. The van der Waals surface area contributed by atoms with Crippen LogP contribution in [-0.4, -0.2) is 41.3 Å². The number of aromatic nitrogens is 4. The minimum absolute atomic E-state index is 0.0772. The molecule has 1 aliphatic rings. The van der Waals surface area contributed by atoms with Gasteiger partial charge in [0.2, 0.25) is 16.0 Å². The van der Waals surface area contributed by atoms with E-state index in [1.807, 2.05) is 4.68 Å². The van der Waals surface area contributed by atoms with E-state index in [-0.39, 0.29) is 4.90 Å². The zero-order chi connectivity index (χ0) is 19.0. The molecule has 0 bridgehead atoms. The maximum absolute atomic E-state index is 11.7. The van der Waals surface area contributed by atoms with E-state index in [0.717, 1.165) is 37.0 Å². The summed E-state index contributed by atoms with van der Waals surface area (Å²) >= 11 is 0. The van der Waals surface area contributed by atoms with Gasteiger partial charge in [-0.2, -0.15) is 10.1 Å². The number of fused-ring (bicyclic) bond motifs is 1. The molecule has 10 heteroatoms. The number of hydrogen-bond donors (Lipinski definition) is 3. The standard InChI is InChI=1S/C17H21N7O2S/c1-11-2-3-13(8-15(11)27(18,25)26)22-17-20-9-12-10-21-24(16(12)23-17)14-4-6-19-7-5-14/h2-3,8-10,14,19H,4-7H2,1H3,(H2,18,25,26)(H,20,22,23). The van der Waals surface area contributed by atoms with Crippen LogP contribution in [0, 0.1) is 6.92 Å². The van der Waals surface area contributed by atoms with Crippen molar-refractivity contribution in [2.45, 2.75) is 30.7 Å². The van der Waals surface area contributed by atoms with Crippen LogP contribution in [0.1, 0.15) is 24.4 Å². The molecule has 0 radical (unpaired) electrons. The summed E-state index contributed by atoms with van der Waals surface area (Å²) in [4.78, 5) is 8.98. The predicted octanol–water partition coefficient (Wildman–Crippen LogP) is 1.45. The number of sulfonamides is 1. The summed E-state index contributed by atoms with van der Waals surface area (Å²) in [5.74, 6) is 0.377. The largest absolute Gasteiger partial charge is 0.324 e. The number of benzene rings is 1. The Morgan fingerprint density at radius 1 is 1.26 bits per heavy atom. The summed E-state index contributed by atoms with van der Waals surface area (Å²) in [5.41, 5.74) is 1.90. The summed E-state index contributed by atoms with van der Waals surface area (Å²) in [6.45, 7) is 3.62. The number of hydrogen-bond acceptors (Lipinski definition) is 7. The van der Waals surface area contributed by atoms with Crippen LogP contribution < -0.4 is 15.8 Å². The van der Waals surface area contributed by atoms with Crippen LogP contribution in [0.25, 0.3) is 11.0 Å². The Labute approximate surface area is 157 Å². The molecule has 4 N–H and O–H groups in total. The first-order valence-corrected chi connectivity index (χ1v) is 10.3. The molecular weight excluding hydrogens is 366 g/mol. The average molecular weight is 387 g/mol. The van der Waals surface area contributed by atoms with Crippen molar-refractivity contribution in [2.24, 2.45) is 5.14 Å². The molecule has 3 heterocycles. The molecule has 0 aliphatic carbocycles. The van der Waals surface area contributed by atoms with E-state index in [1.54, 1.807) is 31.5 Å². The van der Waals surface area contributed by atoms with Crippen LogP contribution in [-0.2, 0) is 10.0 Å². The fourth-order valence-electron chi connectivity index (χ4n) is 3.33. The van der Waals surface area contributed by atoms with Gasteiger partial charge in [-0.15, -0.1) is 0 Å². The summed E-state index contributed by atoms with van der Waals surface area (Å²) in [6.07, 6.45) is 5.48. The molecule has 3 aromatic rings. The smallest absolute Gasteiger partial charge is 0.238 e. The molecule has 0 atom stereocenters. The van der Waals surface area contributed by atoms with Gasteiger partial charge in [0.05, 0.1) is 22.5 Å². The number of piperidine rings is 1. The second kappa shape index (κ2) is 6.87. The van der Waals surface area contributed by atoms with Gasteiger partial charge in [-0.05, 0) is 50.6 Å². The third-order valence-electron chi connectivity index (χ3n) is 4.74.